The van der Waals surface area contributed by atoms with Gasteiger partial charge in [0.25, 0.3) is 0 Å². The number of aryl methyl sites for hydroxylation is 1. The number of fused-ring (bicyclic) bond motifs is 1. The van der Waals surface area contributed by atoms with Gasteiger partial charge in [0.2, 0.25) is 0 Å². The Bertz CT molecular complexity index is 894. The van der Waals surface area contributed by atoms with Crippen molar-refractivity contribution in [3.8, 4) is 18.1 Å². The van der Waals surface area contributed by atoms with Crippen molar-refractivity contribution in [2.75, 3.05) is 0 Å². The average molecular weight is 345 g/mol. The van der Waals surface area contributed by atoms with Crippen molar-refractivity contribution in [1.29, 1.82) is 0 Å². The molecule has 2 heterocycles. The molecule has 0 bridgehead atoms. The monoisotopic (exact) mass is 344 g/mol. The lowest BCUT2D eigenvalue weighted by atomic mass is 10.2. The van der Waals surface area contributed by atoms with E-state index >= 15 is 0 Å². The van der Waals surface area contributed by atoms with Crippen molar-refractivity contribution in [3.05, 3.63) is 59.3 Å². The summed E-state index contributed by atoms with van der Waals surface area (Å²) in [6.07, 6.45) is 7.28. The van der Waals surface area contributed by atoms with Crippen molar-refractivity contribution in [2.45, 2.75) is 27.0 Å². The second-order valence-corrected chi connectivity index (χ2v) is 5.40. The van der Waals surface area contributed by atoms with E-state index in [1.165, 1.54) is 17.7 Å². The largest absolute Gasteiger partial charge is 0.487 e. The van der Waals surface area contributed by atoms with Crippen LogP contribution in [0.15, 0.2) is 36.5 Å². The third kappa shape index (κ3) is 3.22. The van der Waals surface area contributed by atoms with Crippen LogP contribution in [0.5, 0.6) is 5.75 Å². The molecule has 124 valence electrons. The first-order chi connectivity index (χ1) is 11.1. The van der Waals surface area contributed by atoms with E-state index in [-0.39, 0.29) is 18.2 Å². The number of hydrogen-bond donors (Lipinski definition) is 0. The van der Waals surface area contributed by atoms with Gasteiger partial charge in [0.05, 0.1) is 12.1 Å². The summed E-state index contributed by atoms with van der Waals surface area (Å²) in [5, 5.41) is 1.13. The quantitative estimate of drug-likeness (QED) is 0.655. The standard InChI is InChI=1S/C19H17FN2O.ClH/c1-4-11-22-14(3)13(2)17-9-10-21-18(19(17)22)12-23-16-7-5-15(20)6-8-16;/h1,5-10H,11-12H2,2-3H3;1H. The van der Waals surface area contributed by atoms with E-state index in [4.69, 9.17) is 11.2 Å². The Labute approximate surface area is 146 Å². The van der Waals surface area contributed by atoms with E-state index in [1.807, 2.05) is 6.07 Å². The molecule has 3 nitrogen and oxygen atoms in total. The van der Waals surface area contributed by atoms with Gasteiger partial charge in [0.15, 0.2) is 0 Å². The van der Waals surface area contributed by atoms with Crippen LogP contribution in [-0.2, 0) is 13.2 Å². The number of terminal acetylenes is 1. The molecule has 0 aliphatic carbocycles. The molecule has 0 unspecified atom stereocenters. The number of aromatic nitrogens is 2. The molecule has 3 aromatic rings. The van der Waals surface area contributed by atoms with Crippen LogP contribution in [0.25, 0.3) is 10.9 Å². The highest BCUT2D eigenvalue weighted by atomic mass is 35.5. The summed E-state index contributed by atoms with van der Waals surface area (Å²) in [4.78, 5) is 4.45. The highest BCUT2D eigenvalue weighted by Gasteiger charge is 2.15. The van der Waals surface area contributed by atoms with Gasteiger partial charge in [-0.05, 0) is 49.7 Å². The molecule has 0 amide bonds. The summed E-state index contributed by atoms with van der Waals surface area (Å²) in [5.74, 6) is 3.01. The molecule has 0 saturated heterocycles. The maximum absolute atomic E-state index is 13.0. The summed E-state index contributed by atoms with van der Waals surface area (Å²) in [7, 11) is 0. The van der Waals surface area contributed by atoms with Gasteiger partial charge in [0.1, 0.15) is 23.9 Å². The highest BCUT2D eigenvalue weighted by Crippen LogP contribution is 2.27. The molecule has 2 aromatic heterocycles. The van der Waals surface area contributed by atoms with E-state index in [0.29, 0.717) is 18.9 Å². The molecule has 0 aliphatic heterocycles. The van der Waals surface area contributed by atoms with Gasteiger partial charge in [-0.2, -0.15) is 0 Å². The Kier molecular flexibility index (Phi) is 5.48. The SMILES string of the molecule is C#CCn1c(C)c(C)c2ccnc(COc3ccc(F)cc3)c21.Cl. The lowest BCUT2D eigenvalue weighted by Crippen LogP contribution is -2.04. The molecule has 0 fully saturated rings. The second-order valence-electron chi connectivity index (χ2n) is 5.40. The molecule has 0 saturated carbocycles. The molecule has 1 aromatic carbocycles. The zero-order valence-corrected chi connectivity index (χ0v) is 14.4. The Hall–Kier alpha value is -2.51. The van der Waals surface area contributed by atoms with Crippen molar-refractivity contribution in [2.24, 2.45) is 0 Å². The fourth-order valence-corrected chi connectivity index (χ4v) is 2.74. The van der Waals surface area contributed by atoms with Gasteiger partial charge >= 0.3 is 0 Å². The fourth-order valence-electron chi connectivity index (χ4n) is 2.74. The summed E-state index contributed by atoms with van der Waals surface area (Å²) in [6.45, 7) is 4.93. The topological polar surface area (TPSA) is 27.1 Å². The van der Waals surface area contributed by atoms with Crippen LogP contribution in [0.4, 0.5) is 4.39 Å². The highest BCUT2D eigenvalue weighted by molar-refractivity contribution is 5.87. The molecule has 24 heavy (non-hydrogen) atoms. The smallest absolute Gasteiger partial charge is 0.132 e. The number of nitrogens with zero attached hydrogens (tertiary/aromatic N) is 2. The number of rotatable bonds is 4. The summed E-state index contributed by atoms with van der Waals surface area (Å²) in [6, 6.07) is 7.95. The van der Waals surface area contributed by atoms with Crippen LogP contribution in [-0.4, -0.2) is 9.55 Å². The predicted molar refractivity (Wildman–Crippen MR) is 96.0 cm³/mol. The number of halogens is 2. The molecule has 5 heteroatoms. The number of benzene rings is 1. The van der Waals surface area contributed by atoms with Crippen LogP contribution in [0.2, 0.25) is 0 Å². The van der Waals surface area contributed by atoms with Gasteiger partial charge in [-0.15, -0.1) is 18.8 Å². The molecule has 0 N–H and O–H groups in total. The molecule has 0 radical (unpaired) electrons. The normalized spacial score (nSPS) is 10.2. The van der Waals surface area contributed by atoms with E-state index in [0.717, 1.165) is 22.3 Å². The zero-order chi connectivity index (χ0) is 16.4. The summed E-state index contributed by atoms with van der Waals surface area (Å²) < 4.78 is 20.8. The summed E-state index contributed by atoms with van der Waals surface area (Å²) >= 11 is 0. The lowest BCUT2D eigenvalue weighted by Gasteiger charge is -2.10. The Balaban J connectivity index is 0.00000208. The maximum Gasteiger partial charge on any atom is 0.132 e. The van der Waals surface area contributed by atoms with E-state index in [1.54, 1.807) is 18.3 Å². The van der Waals surface area contributed by atoms with Crippen molar-refractivity contribution in [1.82, 2.24) is 9.55 Å². The molecule has 3 rings (SSSR count). The Morgan fingerprint density at radius 3 is 2.58 bits per heavy atom. The zero-order valence-electron chi connectivity index (χ0n) is 13.5. The molecule has 0 aliphatic rings. The lowest BCUT2D eigenvalue weighted by molar-refractivity contribution is 0.302. The number of pyridine rings is 1. The molecular formula is C19H18ClFN2O. The fraction of sp³-hybridized carbons (Fsp3) is 0.211. The minimum absolute atomic E-state index is 0. The van der Waals surface area contributed by atoms with Crippen LogP contribution >= 0.6 is 12.4 Å². The molecular weight excluding hydrogens is 327 g/mol. The van der Waals surface area contributed by atoms with Gasteiger partial charge < -0.3 is 9.30 Å². The average Bonchev–Trinajstić information content (AvgIpc) is 2.80. The van der Waals surface area contributed by atoms with Crippen molar-refractivity contribution in [3.63, 3.8) is 0 Å². The molecule has 0 atom stereocenters. The minimum atomic E-state index is -0.285. The van der Waals surface area contributed by atoms with Crippen LogP contribution in [0, 0.1) is 32.0 Å². The predicted octanol–water partition coefficient (Wildman–Crippen LogP) is 4.43. The van der Waals surface area contributed by atoms with E-state index in [2.05, 4.69) is 29.3 Å². The van der Waals surface area contributed by atoms with Crippen molar-refractivity contribution >= 4 is 23.3 Å². The van der Waals surface area contributed by atoms with Crippen molar-refractivity contribution < 1.29 is 9.13 Å². The van der Waals surface area contributed by atoms with Gasteiger partial charge in [-0.25, -0.2) is 4.39 Å². The first-order valence-corrected chi connectivity index (χ1v) is 7.37. The number of ether oxygens (including phenoxy) is 1. The van der Waals surface area contributed by atoms with Gasteiger partial charge in [-0.3, -0.25) is 4.98 Å². The third-order valence-electron chi connectivity index (χ3n) is 4.06. The number of hydrogen-bond acceptors (Lipinski definition) is 2. The maximum atomic E-state index is 13.0. The first kappa shape index (κ1) is 17.8. The second kappa shape index (κ2) is 7.37. The minimum Gasteiger partial charge on any atom is -0.487 e. The van der Waals surface area contributed by atoms with Gasteiger partial charge in [-0.1, -0.05) is 5.92 Å². The van der Waals surface area contributed by atoms with E-state index in [9.17, 15) is 4.39 Å². The van der Waals surface area contributed by atoms with Crippen LogP contribution < -0.4 is 4.74 Å². The Morgan fingerprint density at radius 1 is 1.21 bits per heavy atom. The van der Waals surface area contributed by atoms with E-state index < -0.39 is 0 Å². The first-order valence-electron chi connectivity index (χ1n) is 7.37. The molecule has 0 spiro atoms. The summed E-state index contributed by atoms with van der Waals surface area (Å²) in [5.41, 5.74) is 4.15. The third-order valence-corrected chi connectivity index (χ3v) is 4.06. The van der Waals surface area contributed by atoms with Crippen LogP contribution in [0.1, 0.15) is 17.0 Å². The van der Waals surface area contributed by atoms with Gasteiger partial charge in [0, 0.05) is 17.3 Å². The Morgan fingerprint density at radius 2 is 1.92 bits per heavy atom. The van der Waals surface area contributed by atoms with Crippen LogP contribution in [0.3, 0.4) is 0 Å².